The Morgan fingerprint density at radius 2 is 2.29 bits per heavy atom. The Kier molecular flexibility index (Phi) is 6.41. The van der Waals surface area contributed by atoms with Gasteiger partial charge in [0, 0.05) is 44.0 Å². The summed E-state index contributed by atoms with van der Waals surface area (Å²) in [7, 11) is 0. The van der Waals surface area contributed by atoms with E-state index in [1.807, 2.05) is 19.2 Å². The number of thiazole rings is 1. The van der Waals surface area contributed by atoms with Gasteiger partial charge in [0.2, 0.25) is 0 Å². The van der Waals surface area contributed by atoms with Gasteiger partial charge in [-0.05, 0) is 13.8 Å². The number of urea groups is 1. The molecule has 1 aliphatic rings. The fourth-order valence-electron chi connectivity index (χ4n) is 2.32. The number of aromatic nitrogens is 1. The molecule has 7 heteroatoms. The van der Waals surface area contributed by atoms with Crippen molar-refractivity contribution in [1.82, 2.24) is 20.5 Å². The molecule has 1 fully saturated rings. The number of nitrogens with one attached hydrogen (secondary N) is 2. The first-order valence-corrected chi connectivity index (χ1v) is 8.27. The topological polar surface area (TPSA) is 66.5 Å². The molecule has 0 bridgehead atoms. The monoisotopic (exact) mass is 312 g/mol. The summed E-state index contributed by atoms with van der Waals surface area (Å²) < 4.78 is 5.31. The summed E-state index contributed by atoms with van der Waals surface area (Å²) in [6, 6.07) is 0.0207. The van der Waals surface area contributed by atoms with Crippen LogP contribution >= 0.6 is 11.3 Å². The summed E-state index contributed by atoms with van der Waals surface area (Å²) in [5.74, 6) is 0. The van der Waals surface area contributed by atoms with E-state index in [2.05, 4.69) is 20.5 Å². The van der Waals surface area contributed by atoms with Crippen LogP contribution in [0.15, 0.2) is 5.38 Å². The lowest BCUT2D eigenvalue weighted by molar-refractivity contribution is 0.0349. The molecule has 0 spiro atoms. The number of hydrogen-bond acceptors (Lipinski definition) is 5. The molecule has 1 aromatic heterocycles. The van der Waals surface area contributed by atoms with Crippen molar-refractivity contribution >= 4 is 17.4 Å². The Morgan fingerprint density at radius 3 is 2.95 bits per heavy atom. The Labute approximate surface area is 129 Å². The van der Waals surface area contributed by atoms with Crippen molar-refractivity contribution in [3.8, 4) is 0 Å². The third kappa shape index (κ3) is 5.99. The molecule has 0 saturated carbocycles. The molecule has 1 atom stereocenters. The zero-order valence-electron chi connectivity index (χ0n) is 12.7. The van der Waals surface area contributed by atoms with Crippen molar-refractivity contribution < 1.29 is 9.53 Å². The SMILES string of the molecule is Cc1nc(CCNC(=O)N[C@@H](C)CN2CCOCC2)cs1. The van der Waals surface area contributed by atoms with Gasteiger partial charge in [0.15, 0.2) is 0 Å². The zero-order chi connectivity index (χ0) is 15.1. The maximum Gasteiger partial charge on any atom is 0.315 e. The highest BCUT2D eigenvalue weighted by Gasteiger charge is 2.14. The van der Waals surface area contributed by atoms with Gasteiger partial charge in [-0.3, -0.25) is 4.90 Å². The van der Waals surface area contributed by atoms with Crippen molar-refractivity contribution in [3.63, 3.8) is 0 Å². The lowest BCUT2D eigenvalue weighted by atomic mass is 10.3. The molecule has 0 aromatic carbocycles. The van der Waals surface area contributed by atoms with Gasteiger partial charge in [0.1, 0.15) is 0 Å². The minimum absolute atomic E-state index is 0.109. The minimum Gasteiger partial charge on any atom is -0.379 e. The summed E-state index contributed by atoms with van der Waals surface area (Å²) in [5.41, 5.74) is 1.04. The molecule has 21 heavy (non-hydrogen) atoms. The number of rotatable bonds is 6. The molecule has 2 amide bonds. The molecule has 0 aliphatic carbocycles. The molecule has 1 aromatic rings. The number of amides is 2. The number of hydrogen-bond donors (Lipinski definition) is 2. The molecule has 2 heterocycles. The fourth-order valence-corrected chi connectivity index (χ4v) is 2.97. The first-order chi connectivity index (χ1) is 10.1. The second kappa shape index (κ2) is 8.31. The highest BCUT2D eigenvalue weighted by Crippen LogP contribution is 2.07. The van der Waals surface area contributed by atoms with Crippen LogP contribution in [0, 0.1) is 6.92 Å². The lowest BCUT2D eigenvalue weighted by Crippen LogP contribution is -2.48. The molecule has 1 aliphatic heterocycles. The highest BCUT2D eigenvalue weighted by molar-refractivity contribution is 7.09. The van der Waals surface area contributed by atoms with Gasteiger partial charge >= 0.3 is 6.03 Å². The van der Waals surface area contributed by atoms with Crippen LogP contribution in [-0.2, 0) is 11.2 Å². The van der Waals surface area contributed by atoms with Gasteiger partial charge in [-0.25, -0.2) is 9.78 Å². The van der Waals surface area contributed by atoms with E-state index in [1.54, 1.807) is 11.3 Å². The van der Waals surface area contributed by atoms with E-state index in [-0.39, 0.29) is 12.1 Å². The Bertz CT molecular complexity index is 446. The molecule has 0 radical (unpaired) electrons. The van der Waals surface area contributed by atoms with Crippen molar-refractivity contribution in [2.24, 2.45) is 0 Å². The fraction of sp³-hybridized carbons (Fsp3) is 0.714. The smallest absolute Gasteiger partial charge is 0.315 e. The van der Waals surface area contributed by atoms with Gasteiger partial charge in [-0.1, -0.05) is 0 Å². The Hall–Kier alpha value is -1.18. The Morgan fingerprint density at radius 1 is 1.52 bits per heavy atom. The number of nitrogens with zero attached hydrogens (tertiary/aromatic N) is 2. The van der Waals surface area contributed by atoms with Crippen LogP contribution in [-0.4, -0.2) is 61.3 Å². The van der Waals surface area contributed by atoms with E-state index in [0.717, 1.165) is 50.0 Å². The van der Waals surface area contributed by atoms with Gasteiger partial charge < -0.3 is 15.4 Å². The molecular weight excluding hydrogens is 288 g/mol. The number of ether oxygens (including phenoxy) is 1. The molecular formula is C14H24N4O2S. The zero-order valence-corrected chi connectivity index (χ0v) is 13.5. The first-order valence-electron chi connectivity index (χ1n) is 7.39. The average Bonchev–Trinajstić information content (AvgIpc) is 2.85. The van der Waals surface area contributed by atoms with Gasteiger partial charge in [0.25, 0.3) is 0 Å². The van der Waals surface area contributed by atoms with Crippen molar-refractivity contribution in [2.75, 3.05) is 39.4 Å². The first kappa shape index (κ1) is 16.2. The van der Waals surface area contributed by atoms with Gasteiger partial charge in [-0.2, -0.15) is 0 Å². The summed E-state index contributed by atoms with van der Waals surface area (Å²) in [6.07, 6.45) is 0.773. The average molecular weight is 312 g/mol. The molecule has 6 nitrogen and oxygen atoms in total. The van der Waals surface area contributed by atoms with Gasteiger partial charge in [-0.15, -0.1) is 11.3 Å². The van der Waals surface area contributed by atoms with Crippen LogP contribution in [0.5, 0.6) is 0 Å². The van der Waals surface area contributed by atoms with E-state index < -0.39 is 0 Å². The molecule has 1 saturated heterocycles. The summed E-state index contributed by atoms with van der Waals surface area (Å²) in [4.78, 5) is 18.5. The summed E-state index contributed by atoms with van der Waals surface area (Å²) >= 11 is 1.64. The van der Waals surface area contributed by atoms with Crippen molar-refractivity contribution in [2.45, 2.75) is 26.3 Å². The van der Waals surface area contributed by atoms with E-state index in [0.29, 0.717) is 6.54 Å². The van der Waals surface area contributed by atoms with Crippen molar-refractivity contribution in [1.29, 1.82) is 0 Å². The summed E-state index contributed by atoms with van der Waals surface area (Å²) in [5, 5.41) is 8.95. The van der Waals surface area contributed by atoms with E-state index >= 15 is 0 Å². The number of carbonyl (C=O) groups excluding carboxylic acids is 1. The van der Waals surface area contributed by atoms with Crippen molar-refractivity contribution in [3.05, 3.63) is 16.1 Å². The van der Waals surface area contributed by atoms with Crippen LogP contribution in [0.3, 0.4) is 0 Å². The third-order valence-electron chi connectivity index (χ3n) is 3.35. The Balaban J connectivity index is 1.59. The molecule has 2 N–H and O–H groups in total. The normalized spacial score (nSPS) is 17.4. The summed E-state index contributed by atoms with van der Waals surface area (Å²) in [6.45, 7) is 8.94. The predicted octanol–water partition coefficient (Wildman–Crippen LogP) is 1.01. The molecule has 0 unspecified atom stereocenters. The van der Waals surface area contributed by atoms with E-state index in [9.17, 15) is 4.79 Å². The maximum absolute atomic E-state index is 11.8. The number of aryl methyl sites for hydroxylation is 1. The van der Waals surface area contributed by atoms with Gasteiger partial charge in [0.05, 0.1) is 23.9 Å². The lowest BCUT2D eigenvalue weighted by Gasteiger charge is -2.29. The largest absolute Gasteiger partial charge is 0.379 e. The minimum atomic E-state index is -0.109. The third-order valence-corrected chi connectivity index (χ3v) is 4.17. The standard InChI is InChI=1S/C14H24N4O2S/c1-11(9-18-5-7-20-8-6-18)16-14(19)15-4-3-13-10-21-12(2)17-13/h10-11H,3-9H2,1-2H3,(H2,15,16,19)/t11-/m0/s1. The van der Waals surface area contributed by atoms with Crippen LogP contribution in [0.25, 0.3) is 0 Å². The number of morpholine rings is 1. The van der Waals surface area contributed by atoms with Crippen LogP contribution < -0.4 is 10.6 Å². The van der Waals surface area contributed by atoms with Crippen LogP contribution in [0.2, 0.25) is 0 Å². The molecule has 2 rings (SSSR count). The number of carbonyl (C=O) groups is 1. The second-order valence-corrected chi connectivity index (χ2v) is 6.38. The van der Waals surface area contributed by atoms with E-state index in [1.165, 1.54) is 0 Å². The molecule has 118 valence electrons. The van der Waals surface area contributed by atoms with Crippen LogP contribution in [0.4, 0.5) is 4.79 Å². The predicted molar refractivity (Wildman–Crippen MR) is 83.8 cm³/mol. The van der Waals surface area contributed by atoms with Crippen LogP contribution in [0.1, 0.15) is 17.6 Å². The maximum atomic E-state index is 11.8. The second-order valence-electron chi connectivity index (χ2n) is 5.32. The quantitative estimate of drug-likeness (QED) is 0.823. The highest BCUT2D eigenvalue weighted by atomic mass is 32.1. The van der Waals surface area contributed by atoms with E-state index in [4.69, 9.17) is 4.74 Å².